The van der Waals surface area contributed by atoms with E-state index in [0.717, 1.165) is 11.3 Å². The van der Waals surface area contributed by atoms with Gasteiger partial charge in [0.05, 0.1) is 6.42 Å². The van der Waals surface area contributed by atoms with Crippen molar-refractivity contribution in [2.24, 2.45) is 0 Å². The molecule has 5 heteroatoms. The number of anilines is 1. The molecule has 0 fully saturated rings. The van der Waals surface area contributed by atoms with Crippen LogP contribution in [0, 0.1) is 6.92 Å². The smallest absolute Gasteiger partial charge is 0.326 e. The molecule has 0 aromatic heterocycles. The van der Waals surface area contributed by atoms with E-state index in [2.05, 4.69) is 0 Å². The number of rotatable bonds is 5. The van der Waals surface area contributed by atoms with Gasteiger partial charge in [-0.05, 0) is 18.6 Å². The van der Waals surface area contributed by atoms with Crippen molar-refractivity contribution < 1.29 is 19.8 Å². The van der Waals surface area contributed by atoms with Gasteiger partial charge >= 0.3 is 11.9 Å². The fourth-order valence-electron chi connectivity index (χ4n) is 1.68. The lowest BCUT2D eigenvalue weighted by Crippen LogP contribution is -2.40. The summed E-state index contributed by atoms with van der Waals surface area (Å²) in [4.78, 5) is 23.2. The topological polar surface area (TPSA) is 77.8 Å². The van der Waals surface area contributed by atoms with Crippen molar-refractivity contribution in [2.75, 3.05) is 11.9 Å². The molecule has 1 rings (SSSR count). The Labute approximate surface area is 99.3 Å². The van der Waals surface area contributed by atoms with Crippen LogP contribution < -0.4 is 4.90 Å². The minimum atomic E-state index is -1.14. The Balaban J connectivity index is 3.00. The molecule has 17 heavy (non-hydrogen) atoms. The summed E-state index contributed by atoms with van der Waals surface area (Å²) in [5, 5.41) is 17.7. The highest BCUT2D eigenvalue weighted by molar-refractivity contribution is 5.84. The van der Waals surface area contributed by atoms with Gasteiger partial charge in [0.25, 0.3) is 0 Å². The molecule has 2 N–H and O–H groups in total. The van der Waals surface area contributed by atoms with Crippen LogP contribution in [0.1, 0.15) is 12.0 Å². The number of carbonyl (C=O) groups is 2. The van der Waals surface area contributed by atoms with Crippen molar-refractivity contribution in [1.82, 2.24) is 0 Å². The predicted octanol–water partition coefficient (Wildman–Crippen LogP) is 1.36. The first kappa shape index (κ1) is 13.0. The van der Waals surface area contributed by atoms with E-state index in [4.69, 9.17) is 10.2 Å². The molecule has 1 aromatic rings. The van der Waals surface area contributed by atoms with Crippen LogP contribution in [-0.2, 0) is 9.59 Å². The summed E-state index contributed by atoms with van der Waals surface area (Å²) in [5.74, 6) is -2.27. The SMILES string of the molecule is Cc1ccccc1N(C)C(CC(=O)O)C(=O)O. The van der Waals surface area contributed by atoms with Gasteiger partial charge in [-0.25, -0.2) is 4.79 Å². The third-order valence-corrected chi connectivity index (χ3v) is 2.62. The van der Waals surface area contributed by atoms with Crippen molar-refractivity contribution in [3.63, 3.8) is 0 Å². The number of aliphatic carboxylic acids is 2. The summed E-state index contributed by atoms with van der Waals surface area (Å²) in [7, 11) is 1.59. The summed E-state index contributed by atoms with van der Waals surface area (Å²) in [5.41, 5.74) is 1.63. The molecule has 0 aliphatic carbocycles. The summed E-state index contributed by atoms with van der Waals surface area (Å²) in [6.45, 7) is 1.85. The summed E-state index contributed by atoms with van der Waals surface area (Å²) < 4.78 is 0. The summed E-state index contributed by atoms with van der Waals surface area (Å²) in [6.07, 6.45) is -0.430. The van der Waals surface area contributed by atoms with Crippen molar-refractivity contribution in [1.29, 1.82) is 0 Å². The molecule has 5 nitrogen and oxygen atoms in total. The number of para-hydroxylation sites is 1. The van der Waals surface area contributed by atoms with Gasteiger partial charge in [-0.15, -0.1) is 0 Å². The number of aryl methyl sites for hydroxylation is 1. The second-order valence-electron chi connectivity index (χ2n) is 3.85. The second-order valence-corrected chi connectivity index (χ2v) is 3.85. The van der Waals surface area contributed by atoms with E-state index in [1.54, 1.807) is 19.2 Å². The molecule has 1 aromatic carbocycles. The molecule has 1 atom stereocenters. The van der Waals surface area contributed by atoms with Crippen LogP contribution in [0.4, 0.5) is 5.69 Å². The second kappa shape index (κ2) is 5.34. The Bertz CT molecular complexity index is 430. The molecule has 0 aliphatic rings. The van der Waals surface area contributed by atoms with Gasteiger partial charge in [-0.2, -0.15) is 0 Å². The fourth-order valence-corrected chi connectivity index (χ4v) is 1.68. The van der Waals surface area contributed by atoms with Crippen LogP contribution >= 0.6 is 0 Å². The first-order valence-electron chi connectivity index (χ1n) is 5.16. The van der Waals surface area contributed by atoms with Crippen LogP contribution in [-0.4, -0.2) is 35.2 Å². The van der Waals surface area contributed by atoms with Gasteiger partial charge in [-0.1, -0.05) is 18.2 Å². The molecule has 0 saturated heterocycles. The molecule has 0 spiro atoms. The highest BCUT2D eigenvalue weighted by Gasteiger charge is 2.26. The predicted molar refractivity (Wildman–Crippen MR) is 63.3 cm³/mol. The minimum Gasteiger partial charge on any atom is -0.481 e. The third-order valence-electron chi connectivity index (χ3n) is 2.62. The zero-order valence-corrected chi connectivity index (χ0v) is 9.75. The molecule has 0 heterocycles. The average Bonchev–Trinajstić information content (AvgIpc) is 2.25. The first-order chi connectivity index (χ1) is 7.93. The minimum absolute atomic E-state index is 0.430. The monoisotopic (exact) mass is 237 g/mol. The maximum atomic E-state index is 11.1. The number of likely N-dealkylation sites (N-methyl/N-ethyl adjacent to an activating group) is 1. The maximum absolute atomic E-state index is 11.1. The first-order valence-corrected chi connectivity index (χ1v) is 5.16. The molecule has 0 bridgehead atoms. The van der Waals surface area contributed by atoms with Gasteiger partial charge in [0, 0.05) is 12.7 Å². The normalized spacial score (nSPS) is 11.9. The lowest BCUT2D eigenvalue weighted by molar-refractivity contribution is -0.145. The molecule has 92 valence electrons. The van der Waals surface area contributed by atoms with Crippen LogP contribution in [0.5, 0.6) is 0 Å². The number of carboxylic acids is 2. The van der Waals surface area contributed by atoms with Gasteiger partial charge in [0.2, 0.25) is 0 Å². The zero-order valence-electron chi connectivity index (χ0n) is 9.75. The highest BCUT2D eigenvalue weighted by Crippen LogP contribution is 2.21. The van der Waals surface area contributed by atoms with Crippen molar-refractivity contribution in [2.45, 2.75) is 19.4 Å². The van der Waals surface area contributed by atoms with Crippen LogP contribution in [0.2, 0.25) is 0 Å². The van der Waals surface area contributed by atoms with E-state index in [9.17, 15) is 9.59 Å². The largest absolute Gasteiger partial charge is 0.481 e. The Hall–Kier alpha value is -2.04. The van der Waals surface area contributed by atoms with E-state index in [1.165, 1.54) is 4.90 Å². The van der Waals surface area contributed by atoms with Gasteiger partial charge < -0.3 is 15.1 Å². The molecule has 0 aliphatic heterocycles. The number of hydrogen-bond donors (Lipinski definition) is 2. The van der Waals surface area contributed by atoms with E-state index < -0.39 is 24.4 Å². The van der Waals surface area contributed by atoms with Gasteiger partial charge in [-0.3, -0.25) is 4.79 Å². The zero-order chi connectivity index (χ0) is 13.0. The van der Waals surface area contributed by atoms with E-state index in [1.807, 2.05) is 19.1 Å². The fraction of sp³-hybridized carbons (Fsp3) is 0.333. The van der Waals surface area contributed by atoms with Gasteiger partial charge in [0.1, 0.15) is 6.04 Å². The summed E-state index contributed by atoms with van der Waals surface area (Å²) >= 11 is 0. The highest BCUT2D eigenvalue weighted by atomic mass is 16.4. The number of hydrogen-bond acceptors (Lipinski definition) is 3. The van der Waals surface area contributed by atoms with Crippen molar-refractivity contribution >= 4 is 17.6 Å². The summed E-state index contributed by atoms with van der Waals surface area (Å²) in [6, 6.07) is 6.20. The van der Waals surface area contributed by atoms with Crippen LogP contribution in [0.15, 0.2) is 24.3 Å². The maximum Gasteiger partial charge on any atom is 0.326 e. The molecule has 1 unspecified atom stereocenters. The number of carboxylic acid groups (broad SMARTS) is 2. The number of benzene rings is 1. The Morgan fingerprint density at radius 3 is 2.35 bits per heavy atom. The average molecular weight is 237 g/mol. The molecular weight excluding hydrogens is 222 g/mol. The lowest BCUT2D eigenvalue weighted by atomic mass is 10.1. The Morgan fingerprint density at radius 1 is 1.29 bits per heavy atom. The molecule has 0 radical (unpaired) electrons. The Morgan fingerprint density at radius 2 is 1.88 bits per heavy atom. The van der Waals surface area contributed by atoms with E-state index in [0.29, 0.717) is 0 Å². The van der Waals surface area contributed by atoms with Crippen molar-refractivity contribution in [3.8, 4) is 0 Å². The van der Waals surface area contributed by atoms with E-state index in [-0.39, 0.29) is 0 Å². The molecule has 0 saturated carbocycles. The van der Waals surface area contributed by atoms with Crippen LogP contribution in [0.3, 0.4) is 0 Å². The van der Waals surface area contributed by atoms with Crippen LogP contribution in [0.25, 0.3) is 0 Å². The quantitative estimate of drug-likeness (QED) is 0.808. The van der Waals surface area contributed by atoms with E-state index >= 15 is 0 Å². The standard InChI is InChI=1S/C12H15NO4/c1-8-5-3-4-6-9(8)13(2)10(12(16)17)7-11(14)15/h3-6,10H,7H2,1-2H3,(H,14,15)(H,16,17). The molecule has 0 amide bonds. The Kier molecular flexibility index (Phi) is 4.09. The third kappa shape index (κ3) is 3.21. The van der Waals surface area contributed by atoms with Crippen molar-refractivity contribution in [3.05, 3.63) is 29.8 Å². The lowest BCUT2D eigenvalue weighted by Gasteiger charge is -2.27. The van der Waals surface area contributed by atoms with Gasteiger partial charge in [0.15, 0.2) is 0 Å². The molecular formula is C12H15NO4. The number of nitrogens with zero attached hydrogens (tertiary/aromatic N) is 1.